The second-order valence-corrected chi connectivity index (χ2v) is 4.59. The third-order valence-electron chi connectivity index (χ3n) is 2.36. The van der Waals surface area contributed by atoms with E-state index in [1.807, 2.05) is 6.92 Å². The molecule has 0 aliphatic carbocycles. The molecule has 0 saturated heterocycles. The van der Waals surface area contributed by atoms with Crippen molar-refractivity contribution in [2.75, 3.05) is 12.4 Å². The van der Waals surface area contributed by atoms with Crippen molar-refractivity contribution in [2.45, 2.75) is 25.8 Å². The zero-order valence-electron chi connectivity index (χ0n) is 10.00. The summed E-state index contributed by atoms with van der Waals surface area (Å²) >= 11 is 3.36. The van der Waals surface area contributed by atoms with E-state index in [4.69, 9.17) is 10.5 Å². The van der Waals surface area contributed by atoms with Crippen LogP contribution >= 0.6 is 15.9 Å². The summed E-state index contributed by atoms with van der Waals surface area (Å²) in [5, 5.41) is 2.77. The van der Waals surface area contributed by atoms with Crippen LogP contribution in [0.15, 0.2) is 22.7 Å². The molecule has 0 heterocycles. The normalized spacial score (nSPS) is 12.0. The summed E-state index contributed by atoms with van der Waals surface area (Å²) in [5.74, 6) is 0.560. The summed E-state index contributed by atoms with van der Waals surface area (Å²) in [6.07, 6.45) is 1.57. The van der Waals surface area contributed by atoms with Gasteiger partial charge in [-0.05, 0) is 40.5 Å². The molecule has 1 atom stereocenters. The molecular formula is C12H17BrN2O2. The van der Waals surface area contributed by atoms with E-state index in [1.165, 1.54) is 0 Å². The van der Waals surface area contributed by atoms with Gasteiger partial charge in [0.05, 0.1) is 17.6 Å². The van der Waals surface area contributed by atoms with Gasteiger partial charge in [0, 0.05) is 5.69 Å². The van der Waals surface area contributed by atoms with Crippen molar-refractivity contribution in [3.05, 3.63) is 22.7 Å². The van der Waals surface area contributed by atoms with E-state index in [1.54, 1.807) is 25.3 Å². The Morgan fingerprint density at radius 3 is 2.82 bits per heavy atom. The summed E-state index contributed by atoms with van der Waals surface area (Å²) < 4.78 is 5.90. The maximum absolute atomic E-state index is 11.7. The zero-order chi connectivity index (χ0) is 12.8. The molecule has 5 heteroatoms. The minimum Gasteiger partial charge on any atom is -0.496 e. The lowest BCUT2D eigenvalue weighted by atomic mass is 10.1. The smallest absolute Gasteiger partial charge is 0.241 e. The van der Waals surface area contributed by atoms with Crippen molar-refractivity contribution in [3.8, 4) is 5.75 Å². The standard InChI is InChI=1S/C12H17BrN2O2/c1-3-4-10(14)12(16)15-8-5-6-11(17-2)9(13)7-8/h5-7,10H,3-4,14H2,1-2H3,(H,15,16). The molecule has 1 aromatic carbocycles. The first kappa shape index (κ1) is 14.0. The number of benzene rings is 1. The van der Waals surface area contributed by atoms with Crippen LogP contribution in [-0.2, 0) is 4.79 Å². The summed E-state index contributed by atoms with van der Waals surface area (Å²) in [5.41, 5.74) is 6.42. The maximum Gasteiger partial charge on any atom is 0.241 e. The van der Waals surface area contributed by atoms with Gasteiger partial charge in [0.25, 0.3) is 0 Å². The van der Waals surface area contributed by atoms with Crippen LogP contribution < -0.4 is 15.8 Å². The number of methoxy groups -OCH3 is 1. The molecule has 1 rings (SSSR count). The molecular weight excluding hydrogens is 284 g/mol. The van der Waals surface area contributed by atoms with Crippen LogP contribution in [0.4, 0.5) is 5.69 Å². The first-order valence-electron chi connectivity index (χ1n) is 5.48. The van der Waals surface area contributed by atoms with Crippen LogP contribution in [0.3, 0.4) is 0 Å². The van der Waals surface area contributed by atoms with E-state index in [0.29, 0.717) is 12.1 Å². The summed E-state index contributed by atoms with van der Waals surface area (Å²) in [6, 6.07) is 4.89. The fourth-order valence-electron chi connectivity index (χ4n) is 1.42. The van der Waals surface area contributed by atoms with E-state index < -0.39 is 6.04 Å². The molecule has 3 N–H and O–H groups in total. The molecule has 0 aromatic heterocycles. The molecule has 1 unspecified atom stereocenters. The van der Waals surface area contributed by atoms with Crippen LogP contribution in [0.25, 0.3) is 0 Å². The fourth-order valence-corrected chi connectivity index (χ4v) is 1.96. The Hall–Kier alpha value is -1.07. The van der Waals surface area contributed by atoms with Crippen molar-refractivity contribution < 1.29 is 9.53 Å². The monoisotopic (exact) mass is 300 g/mol. The lowest BCUT2D eigenvalue weighted by Gasteiger charge is -2.12. The summed E-state index contributed by atoms with van der Waals surface area (Å²) in [7, 11) is 1.59. The third-order valence-corrected chi connectivity index (χ3v) is 2.98. The number of halogens is 1. The van der Waals surface area contributed by atoms with Gasteiger partial charge in [0.1, 0.15) is 5.75 Å². The third kappa shape index (κ3) is 4.02. The van der Waals surface area contributed by atoms with Gasteiger partial charge in [-0.2, -0.15) is 0 Å². The fraction of sp³-hybridized carbons (Fsp3) is 0.417. The second kappa shape index (κ2) is 6.61. The Morgan fingerprint density at radius 2 is 2.29 bits per heavy atom. The van der Waals surface area contributed by atoms with Crippen molar-refractivity contribution in [1.82, 2.24) is 0 Å². The molecule has 0 bridgehead atoms. The molecule has 4 nitrogen and oxygen atoms in total. The molecule has 0 aliphatic heterocycles. The van der Waals surface area contributed by atoms with Gasteiger partial charge in [0.2, 0.25) is 5.91 Å². The van der Waals surface area contributed by atoms with Crippen LogP contribution in [-0.4, -0.2) is 19.1 Å². The van der Waals surface area contributed by atoms with Crippen molar-refractivity contribution >= 4 is 27.5 Å². The van der Waals surface area contributed by atoms with Crippen LogP contribution in [0.5, 0.6) is 5.75 Å². The lowest BCUT2D eigenvalue weighted by Crippen LogP contribution is -2.35. The van der Waals surface area contributed by atoms with Gasteiger partial charge in [-0.1, -0.05) is 13.3 Å². The lowest BCUT2D eigenvalue weighted by molar-refractivity contribution is -0.117. The molecule has 94 valence electrons. The first-order valence-corrected chi connectivity index (χ1v) is 6.27. The molecule has 17 heavy (non-hydrogen) atoms. The largest absolute Gasteiger partial charge is 0.496 e. The first-order chi connectivity index (χ1) is 8.08. The predicted molar refractivity (Wildman–Crippen MR) is 72.2 cm³/mol. The Bertz CT molecular complexity index is 396. The zero-order valence-corrected chi connectivity index (χ0v) is 11.6. The highest BCUT2D eigenvalue weighted by Gasteiger charge is 2.12. The van der Waals surface area contributed by atoms with E-state index in [9.17, 15) is 4.79 Å². The Labute approximate surface area is 110 Å². The van der Waals surface area contributed by atoms with Gasteiger partial charge >= 0.3 is 0 Å². The Morgan fingerprint density at radius 1 is 1.59 bits per heavy atom. The number of hydrogen-bond acceptors (Lipinski definition) is 3. The van der Waals surface area contributed by atoms with Crippen molar-refractivity contribution in [1.29, 1.82) is 0 Å². The summed E-state index contributed by atoms with van der Waals surface area (Å²) in [6.45, 7) is 2.00. The highest BCUT2D eigenvalue weighted by Crippen LogP contribution is 2.27. The number of nitrogens with two attached hydrogens (primary N) is 1. The molecule has 0 saturated carbocycles. The molecule has 0 fully saturated rings. The minimum absolute atomic E-state index is 0.163. The van der Waals surface area contributed by atoms with Crippen molar-refractivity contribution in [2.24, 2.45) is 5.73 Å². The predicted octanol–water partition coefficient (Wildman–Crippen LogP) is 2.52. The molecule has 1 aromatic rings. The van der Waals surface area contributed by atoms with E-state index >= 15 is 0 Å². The molecule has 0 aliphatic rings. The Kier molecular flexibility index (Phi) is 5.44. The number of anilines is 1. The van der Waals surface area contributed by atoms with Gasteiger partial charge in [-0.3, -0.25) is 4.79 Å². The average Bonchev–Trinajstić information content (AvgIpc) is 2.29. The number of carbonyl (C=O) groups is 1. The van der Waals surface area contributed by atoms with E-state index in [0.717, 1.165) is 16.6 Å². The van der Waals surface area contributed by atoms with Gasteiger partial charge in [0.15, 0.2) is 0 Å². The van der Waals surface area contributed by atoms with Crippen LogP contribution in [0.1, 0.15) is 19.8 Å². The number of rotatable bonds is 5. The van der Waals surface area contributed by atoms with Gasteiger partial charge in [-0.15, -0.1) is 0 Å². The highest BCUT2D eigenvalue weighted by atomic mass is 79.9. The second-order valence-electron chi connectivity index (χ2n) is 3.73. The average molecular weight is 301 g/mol. The SMILES string of the molecule is CCCC(N)C(=O)Nc1ccc(OC)c(Br)c1. The number of carbonyl (C=O) groups excluding carboxylic acids is 1. The number of hydrogen-bond donors (Lipinski definition) is 2. The number of ether oxygens (including phenoxy) is 1. The van der Waals surface area contributed by atoms with Crippen LogP contribution in [0, 0.1) is 0 Å². The summed E-state index contributed by atoms with van der Waals surface area (Å²) in [4.78, 5) is 11.7. The van der Waals surface area contributed by atoms with E-state index in [2.05, 4.69) is 21.2 Å². The maximum atomic E-state index is 11.7. The van der Waals surface area contributed by atoms with E-state index in [-0.39, 0.29) is 5.91 Å². The topological polar surface area (TPSA) is 64.4 Å². The number of amides is 1. The van der Waals surface area contributed by atoms with Crippen molar-refractivity contribution in [3.63, 3.8) is 0 Å². The molecule has 0 radical (unpaired) electrons. The Balaban J connectivity index is 2.69. The number of nitrogens with one attached hydrogen (secondary N) is 1. The minimum atomic E-state index is -0.458. The highest BCUT2D eigenvalue weighted by molar-refractivity contribution is 9.10. The molecule has 1 amide bonds. The van der Waals surface area contributed by atoms with Crippen LogP contribution in [0.2, 0.25) is 0 Å². The quantitative estimate of drug-likeness (QED) is 0.878. The molecule has 0 spiro atoms. The van der Waals surface area contributed by atoms with Gasteiger partial charge in [-0.25, -0.2) is 0 Å². The van der Waals surface area contributed by atoms with Gasteiger partial charge < -0.3 is 15.8 Å².